The molecule has 0 amide bonds. The van der Waals surface area contributed by atoms with Crippen molar-refractivity contribution in [3.8, 4) is 11.5 Å². The van der Waals surface area contributed by atoms with Gasteiger partial charge in [-0.05, 0) is 24.7 Å². The lowest BCUT2D eigenvalue weighted by Crippen LogP contribution is -2.15. The molecule has 0 saturated carbocycles. The maximum atomic E-state index is 9.43. The summed E-state index contributed by atoms with van der Waals surface area (Å²) in [6.45, 7) is 2.50. The highest BCUT2D eigenvalue weighted by molar-refractivity contribution is 5.45. The third kappa shape index (κ3) is 1.87. The number of nitrogens with zero attached hydrogens (tertiary/aromatic N) is 1. The van der Waals surface area contributed by atoms with E-state index in [1.807, 2.05) is 6.07 Å². The molecule has 2 aliphatic rings. The summed E-state index contributed by atoms with van der Waals surface area (Å²) in [5.74, 6) is 2.36. The molecule has 1 aromatic rings. The van der Waals surface area contributed by atoms with Crippen molar-refractivity contribution in [1.82, 2.24) is 4.90 Å². The number of rotatable bonds is 2. The van der Waals surface area contributed by atoms with E-state index in [4.69, 9.17) is 9.47 Å². The highest BCUT2D eigenvalue weighted by Crippen LogP contribution is 2.38. The first-order valence-electron chi connectivity index (χ1n) is 5.97. The van der Waals surface area contributed by atoms with Gasteiger partial charge < -0.3 is 19.5 Å². The number of ether oxygens (including phenoxy) is 2. The molecular weight excluding hydrogens is 218 g/mol. The zero-order valence-electron chi connectivity index (χ0n) is 9.93. The molecule has 0 bridgehead atoms. The Bertz CT molecular complexity index is 421. The van der Waals surface area contributed by atoms with E-state index in [0.717, 1.165) is 24.6 Å². The van der Waals surface area contributed by atoms with Gasteiger partial charge in [-0.3, -0.25) is 0 Å². The van der Waals surface area contributed by atoms with E-state index in [9.17, 15) is 5.11 Å². The van der Waals surface area contributed by atoms with Crippen molar-refractivity contribution in [1.29, 1.82) is 0 Å². The largest absolute Gasteiger partial charge is 0.454 e. The van der Waals surface area contributed by atoms with Crippen LogP contribution in [0.25, 0.3) is 0 Å². The predicted molar refractivity (Wildman–Crippen MR) is 63.4 cm³/mol. The molecule has 2 aliphatic heterocycles. The summed E-state index contributed by atoms with van der Waals surface area (Å²) < 4.78 is 10.7. The first kappa shape index (κ1) is 10.9. The number of fused-ring (bicyclic) bond motifs is 1. The first-order valence-corrected chi connectivity index (χ1v) is 5.97. The third-order valence-corrected chi connectivity index (χ3v) is 3.68. The Morgan fingerprint density at radius 3 is 2.94 bits per heavy atom. The quantitative estimate of drug-likeness (QED) is 0.832. The lowest BCUT2D eigenvalue weighted by atomic mass is 9.89. The average molecular weight is 235 g/mol. The summed E-state index contributed by atoms with van der Waals surface area (Å²) >= 11 is 0. The fraction of sp³-hybridized carbons (Fsp3) is 0.538. The van der Waals surface area contributed by atoms with Crippen LogP contribution < -0.4 is 9.47 Å². The van der Waals surface area contributed by atoms with Gasteiger partial charge in [0.25, 0.3) is 0 Å². The molecule has 0 radical (unpaired) electrons. The van der Waals surface area contributed by atoms with E-state index >= 15 is 0 Å². The van der Waals surface area contributed by atoms with Gasteiger partial charge in [0, 0.05) is 31.5 Å². The number of hydrogen-bond donors (Lipinski definition) is 1. The van der Waals surface area contributed by atoms with Gasteiger partial charge >= 0.3 is 0 Å². The van der Waals surface area contributed by atoms with Gasteiger partial charge in [-0.1, -0.05) is 6.07 Å². The topological polar surface area (TPSA) is 41.9 Å². The fourth-order valence-corrected chi connectivity index (χ4v) is 2.79. The normalized spacial score (nSPS) is 27.6. The van der Waals surface area contributed by atoms with Crippen LogP contribution in [-0.4, -0.2) is 43.5 Å². The predicted octanol–water partition coefficient (Wildman–Crippen LogP) is 1.05. The van der Waals surface area contributed by atoms with Crippen LogP contribution in [-0.2, 0) is 0 Å². The number of aliphatic hydroxyl groups is 1. The van der Waals surface area contributed by atoms with Crippen molar-refractivity contribution in [2.45, 2.75) is 5.92 Å². The van der Waals surface area contributed by atoms with Crippen LogP contribution in [0.4, 0.5) is 0 Å². The van der Waals surface area contributed by atoms with Crippen molar-refractivity contribution in [2.75, 3.05) is 33.5 Å². The van der Waals surface area contributed by atoms with Gasteiger partial charge in [-0.2, -0.15) is 0 Å². The van der Waals surface area contributed by atoms with Gasteiger partial charge in [0.15, 0.2) is 11.5 Å². The summed E-state index contributed by atoms with van der Waals surface area (Å²) in [6.07, 6.45) is 0. The number of benzene rings is 1. The van der Waals surface area contributed by atoms with Crippen LogP contribution in [0.3, 0.4) is 0 Å². The zero-order chi connectivity index (χ0) is 11.8. The van der Waals surface area contributed by atoms with E-state index < -0.39 is 0 Å². The summed E-state index contributed by atoms with van der Waals surface area (Å²) in [4.78, 5) is 2.26. The molecule has 4 nitrogen and oxygen atoms in total. The van der Waals surface area contributed by atoms with Crippen molar-refractivity contribution < 1.29 is 14.6 Å². The molecular formula is C13H17NO3. The minimum atomic E-state index is 0.240. The lowest BCUT2D eigenvalue weighted by Gasteiger charge is -2.16. The fourth-order valence-electron chi connectivity index (χ4n) is 2.79. The maximum absolute atomic E-state index is 9.43. The second kappa shape index (κ2) is 4.20. The van der Waals surface area contributed by atoms with E-state index in [1.54, 1.807) is 0 Å². The van der Waals surface area contributed by atoms with E-state index in [-0.39, 0.29) is 6.61 Å². The molecule has 0 aromatic heterocycles. The molecule has 0 aliphatic carbocycles. The molecule has 17 heavy (non-hydrogen) atoms. The Kier molecular flexibility index (Phi) is 2.68. The Hall–Kier alpha value is -1.26. The molecule has 2 atom stereocenters. The second-order valence-electron chi connectivity index (χ2n) is 4.88. The standard InChI is InChI=1S/C13H17NO3/c1-14-5-10(7-15)11(6-14)9-2-3-12-13(4-9)17-8-16-12/h2-4,10-11,15H,5-8H2,1H3/t10-,11+/m1/s1. The average Bonchev–Trinajstić information content (AvgIpc) is 2.93. The maximum Gasteiger partial charge on any atom is 0.231 e. The van der Waals surface area contributed by atoms with Crippen LogP contribution in [0, 0.1) is 5.92 Å². The minimum Gasteiger partial charge on any atom is -0.454 e. The molecule has 1 saturated heterocycles. The molecule has 0 unspecified atom stereocenters. The number of aliphatic hydroxyl groups excluding tert-OH is 1. The smallest absolute Gasteiger partial charge is 0.231 e. The Balaban J connectivity index is 1.88. The second-order valence-corrected chi connectivity index (χ2v) is 4.88. The number of hydrogen-bond acceptors (Lipinski definition) is 4. The molecule has 3 rings (SSSR count). The van der Waals surface area contributed by atoms with Gasteiger partial charge in [0.1, 0.15) is 0 Å². The van der Waals surface area contributed by atoms with E-state index in [2.05, 4.69) is 24.1 Å². The monoisotopic (exact) mass is 235 g/mol. The first-order chi connectivity index (χ1) is 8.28. The van der Waals surface area contributed by atoms with Crippen LogP contribution in [0.15, 0.2) is 18.2 Å². The van der Waals surface area contributed by atoms with Gasteiger partial charge in [0.05, 0.1) is 0 Å². The van der Waals surface area contributed by atoms with Crippen molar-refractivity contribution >= 4 is 0 Å². The van der Waals surface area contributed by atoms with Crippen LogP contribution in [0.1, 0.15) is 11.5 Å². The van der Waals surface area contributed by atoms with Crippen molar-refractivity contribution in [2.24, 2.45) is 5.92 Å². The summed E-state index contributed by atoms with van der Waals surface area (Å²) in [5, 5.41) is 9.43. The summed E-state index contributed by atoms with van der Waals surface area (Å²) in [5.41, 5.74) is 1.23. The van der Waals surface area contributed by atoms with Gasteiger partial charge in [-0.15, -0.1) is 0 Å². The molecule has 0 spiro atoms. The molecule has 92 valence electrons. The van der Waals surface area contributed by atoms with Gasteiger partial charge in [-0.25, -0.2) is 0 Å². The van der Waals surface area contributed by atoms with Crippen molar-refractivity contribution in [3.05, 3.63) is 23.8 Å². The van der Waals surface area contributed by atoms with Gasteiger partial charge in [0.2, 0.25) is 6.79 Å². The molecule has 1 fully saturated rings. The number of likely N-dealkylation sites (tertiary alicyclic amines) is 1. The molecule has 2 heterocycles. The Morgan fingerprint density at radius 2 is 2.12 bits per heavy atom. The highest BCUT2D eigenvalue weighted by Gasteiger charge is 2.32. The summed E-state index contributed by atoms with van der Waals surface area (Å²) in [6, 6.07) is 6.10. The molecule has 4 heteroatoms. The third-order valence-electron chi connectivity index (χ3n) is 3.68. The lowest BCUT2D eigenvalue weighted by molar-refractivity contribution is 0.174. The van der Waals surface area contributed by atoms with Crippen LogP contribution in [0.2, 0.25) is 0 Å². The number of likely N-dealkylation sites (N-methyl/N-ethyl adjacent to an activating group) is 1. The Labute approximate surface area is 101 Å². The zero-order valence-corrected chi connectivity index (χ0v) is 9.93. The minimum absolute atomic E-state index is 0.240. The highest BCUT2D eigenvalue weighted by atomic mass is 16.7. The van der Waals surface area contributed by atoms with E-state index in [0.29, 0.717) is 18.6 Å². The van der Waals surface area contributed by atoms with Crippen LogP contribution >= 0.6 is 0 Å². The molecule has 1 aromatic carbocycles. The van der Waals surface area contributed by atoms with Crippen LogP contribution in [0.5, 0.6) is 11.5 Å². The summed E-state index contributed by atoms with van der Waals surface area (Å²) in [7, 11) is 2.09. The van der Waals surface area contributed by atoms with Crippen molar-refractivity contribution in [3.63, 3.8) is 0 Å². The SMILES string of the molecule is CN1C[C@H](CO)[C@H](c2ccc3c(c2)OCO3)C1. The molecule has 1 N–H and O–H groups in total. The van der Waals surface area contributed by atoms with E-state index in [1.165, 1.54) is 5.56 Å². The Morgan fingerprint density at radius 1 is 1.29 bits per heavy atom.